The molecule has 0 saturated carbocycles. The number of aromatic nitrogens is 1. The first-order valence-corrected chi connectivity index (χ1v) is 9.57. The molecule has 0 N–H and O–H groups in total. The van der Waals surface area contributed by atoms with E-state index >= 15 is 0 Å². The summed E-state index contributed by atoms with van der Waals surface area (Å²) in [5.74, 6) is -0.153. The molecular formula is C21H24ClN3O2. The van der Waals surface area contributed by atoms with Gasteiger partial charge in [-0.25, -0.2) is 0 Å². The fourth-order valence-corrected chi connectivity index (χ4v) is 3.59. The average Bonchev–Trinajstić information content (AvgIpc) is 3.05. The summed E-state index contributed by atoms with van der Waals surface area (Å²) < 4.78 is 0. The molecule has 27 heavy (non-hydrogen) atoms. The number of nitrogens with zero attached hydrogens (tertiary/aromatic N) is 3. The van der Waals surface area contributed by atoms with Crippen molar-refractivity contribution in [1.29, 1.82) is 0 Å². The molecule has 6 heteroatoms. The van der Waals surface area contributed by atoms with Crippen LogP contribution < -0.4 is 0 Å². The lowest BCUT2D eigenvalue weighted by Crippen LogP contribution is -2.36. The zero-order chi connectivity index (χ0) is 19.2. The SMILES string of the molecule is CN(CCc1ccncc1)C(=O)C1CC(=O)N(CCc2cccc(Cl)c2)C1. The van der Waals surface area contributed by atoms with Gasteiger partial charge in [0.25, 0.3) is 0 Å². The summed E-state index contributed by atoms with van der Waals surface area (Å²) in [5.41, 5.74) is 2.25. The number of pyridine rings is 1. The molecule has 0 aliphatic carbocycles. The van der Waals surface area contributed by atoms with Crippen molar-refractivity contribution in [2.24, 2.45) is 5.92 Å². The smallest absolute Gasteiger partial charge is 0.227 e. The second kappa shape index (κ2) is 9.00. The van der Waals surface area contributed by atoms with Gasteiger partial charge in [-0.05, 0) is 48.2 Å². The Hall–Kier alpha value is -2.40. The summed E-state index contributed by atoms with van der Waals surface area (Å²) in [5, 5.41) is 0.698. The summed E-state index contributed by atoms with van der Waals surface area (Å²) in [6, 6.07) is 11.6. The lowest BCUT2D eigenvalue weighted by Gasteiger charge is -2.21. The van der Waals surface area contributed by atoms with Crippen molar-refractivity contribution in [3.63, 3.8) is 0 Å². The van der Waals surface area contributed by atoms with E-state index < -0.39 is 0 Å². The van der Waals surface area contributed by atoms with Crippen LogP contribution in [-0.4, -0.2) is 53.3 Å². The highest BCUT2D eigenvalue weighted by Gasteiger charge is 2.35. The summed E-state index contributed by atoms with van der Waals surface area (Å²) >= 11 is 6.01. The van der Waals surface area contributed by atoms with Crippen molar-refractivity contribution in [2.45, 2.75) is 19.3 Å². The van der Waals surface area contributed by atoms with Gasteiger partial charge in [0.15, 0.2) is 0 Å². The van der Waals surface area contributed by atoms with Gasteiger partial charge in [0.05, 0.1) is 5.92 Å². The molecule has 1 fully saturated rings. The minimum Gasteiger partial charge on any atom is -0.345 e. The van der Waals surface area contributed by atoms with E-state index in [1.54, 1.807) is 22.2 Å². The average molecular weight is 386 g/mol. The molecule has 1 aliphatic heterocycles. The van der Waals surface area contributed by atoms with Crippen LogP contribution in [0.1, 0.15) is 17.5 Å². The molecule has 2 aromatic rings. The van der Waals surface area contributed by atoms with E-state index in [0.717, 1.165) is 24.0 Å². The standard InChI is InChI=1S/C21H24ClN3O2/c1-24(11-7-16-5-9-23-10-6-16)21(27)18-14-20(26)25(15-18)12-8-17-3-2-4-19(22)13-17/h2-6,9-10,13,18H,7-8,11-12,14-15H2,1H3. The Bertz CT molecular complexity index is 797. The van der Waals surface area contributed by atoms with Crippen LogP contribution in [0.2, 0.25) is 5.02 Å². The molecule has 1 saturated heterocycles. The Morgan fingerprint density at radius 3 is 2.74 bits per heavy atom. The van der Waals surface area contributed by atoms with Crippen LogP contribution in [0, 0.1) is 5.92 Å². The van der Waals surface area contributed by atoms with Crippen LogP contribution in [0.25, 0.3) is 0 Å². The quantitative estimate of drug-likeness (QED) is 0.736. The molecule has 1 aromatic heterocycles. The summed E-state index contributed by atoms with van der Waals surface area (Å²) in [7, 11) is 1.81. The van der Waals surface area contributed by atoms with Gasteiger partial charge in [0.2, 0.25) is 11.8 Å². The molecule has 2 heterocycles. The monoisotopic (exact) mass is 385 g/mol. The minimum atomic E-state index is -0.251. The summed E-state index contributed by atoms with van der Waals surface area (Å²) in [6.45, 7) is 1.75. The first-order chi connectivity index (χ1) is 13.0. The van der Waals surface area contributed by atoms with E-state index in [4.69, 9.17) is 11.6 Å². The zero-order valence-corrected chi connectivity index (χ0v) is 16.2. The highest BCUT2D eigenvalue weighted by molar-refractivity contribution is 6.30. The van der Waals surface area contributed by atoms with Crippen LogP contribution in [0.5, 0.6) is 0 Å². The maximum Gasteiger partial charge on any atom is 0.227 e. The molecule has 3 rings (SSSR count). The second-order valence-electron chi connectivity index (χ2n) is 6.99. The molecule has 1 aliphatic rings. The number of hydrogen-bond acceptors (Lipinski definition) is 3. The first-order valence-electron chi connectivity index (χ1n) is 9.19. The van der Waals surface area contributed by atoms with Gasteiger partial charge in [-0.3, -0.25) is 14.6 Å². The van der Waals surface area contributed by atoms with E-state index in [9.17, 15) is 9.59 Å². The number of halogens is 1. The van der Waals surface area contributed by atoms with Crippen molar-refractivity contribution in [1.82, 2.24) is 14.8 Å². The van der Waals surface area contributed by atoms with Crippen molar-refractivity contribution >= 4 is 23.4 Å². The largest absolute Gasteiger partial charge is 0.345 e. The van der Waals surface area contributed by atoms with Crippen LogP contribution >= 0.6 is 11.6 Å². The van der Waals surface area contributed by atoms with Gasteiger partial charge in [0.1, 0.15) is 0 Å². The number of likely N-dealkylation sites (N-methyl/N-ethyl adjacent to an activating group) is 1. The molecule has 0 spiro atoms. The summed E-state index contributed by atoms with van der Waals surface area (Å²) in [6.07, 6.45) is 5.33. The highest BCUT2D eigenvalue weighted by atomic mass is 35.5. The Morgan fingerprint density at radius 2 is 2.00 bits per heavy atom. The predicted octanol–water partition coefficient (Wildman–Crippen LogP) is 2.83. The van der Waals surface area contributed by atoms with Crippen molar-refractivity contribution < 1.29 is 9.59 Å². The van der Waals surface area contributed by atoms with Crippen molar-refractivity contribution in [3.05, 3.63) is 64.9 Å². The topological polar surface area (TPSA) is 53.5 Å². The van der Waals surface area contributed by atoms with E-state index in [2.05, 4.69) is 4.98 Å². The van der Waals surface area contributed by atoms with Crippen molar-refractivity contribution in [3.8, 4) is 0 Å². The van der Waals surface area contributed by atoms with Gasteiger partial charge >= 0.3 is 0 Å². The van der Waals surface area contributed by atoms with Crippen LogP contribution in [0.3, 0.4) is 0 Å². The number of carbonyl (C=O) groups excluding carboxylic acids is 2. The number of likely N-dealkylation sites (tertiary alicyclic amines) is 1. The fourth-order valence-electron chi connectivity index (χ4n) is 3.38. The van der Waals surface area contributed by atoms with E-state index in [-0.39, 0.29) is 17.7 Å². The van der Waals surface area contributed by atoms with Gasteiger partial charge < -0.3 is 9.80 Å². The first kappa shape index (κ1) is 19.4. The maximum absolute atomic E-state index is 12.7. The van der Waals surface area contributed by atoms with Gasteiger partial charge in [-0.2, -0.15) is 0 Å². The van der Waals surface area contributed by atoms with Crippen LogP contribution in [0.4, 0.5) is 0 Å². The Kier molecular flexibility index (Phi) is 6.45. The maximum atomic E-state index is 12.7. The third-order valence-corrected chi connectivity index (χ3v) is 5.22. The number of rotatable bonds is 7. The number of hydrogen-bond donors (Lipinski definition) is 0. The second-order valence-corrected chi connectivity index (χ2v) is 7.42. The zero-order valence-electron chi connectivity index (χ0n) is 15.5. The Morgan fingerprint density at radius 1 is 1.22 bits per heavy atom. The van der Waals surface area contributed by atoms with Gasteiger partial charge in [0, 0.05) is 50.5 Å². The minimum absolute atomic E-state index is 0.0441. The third-order valence-electron chi connectivity index (χ3n) is 4.98. The molecule has 2 amide bonds. The predicted molar refractivity (Wildman–Crippen MR) is 105 cm³/mol. The van der Waals surface area contributed by atoms with E-state index in [0.29, 0.717) is 31.1 Å². The molecule has 0 radical (unpaired) electrons. The molecule has 1 atom stereocenters. The number of amides is 2. The number of carbonyl (C=O) groups is 2. The molecule has 0 bridgehead atoms. The van der Waals surface area contributed by atoms with E-state index in [1.807, 2.05) is 43.4 Å². The highest BCUT2D eigenvalue weighted by Crippen LogP contribution is 2.21. The molecule has 1 unspecified atom stereocenters. The Balaban J connectivity index is 1.49. The van der Waals surface area contributed by atoms with Crippen LogP contribution in [-0.2, 0) is 22.4 Å². The van der Waals surface area contributed by atoms with E-state index in [1.165, 1.54) is 0 Å². The van der Waals surface area contributed by atoms with Crippen molar-refractivity contribution in [2.75, 3.05) is 26.7 Å². The fraction of sp³-hybridized carbons (Fsp3) is 0.381. The third kappa shape index (κ3) is 5.30. The lowest BCUT2D eigenvalue weighted by molar-refractivity contribution is -0.134. The molecule has 1 aromatic carbocycles. The molecular weight excluding hydrogens is 362 g/mol. The molecule has 5 nitrogen and oxygen atoms in total. The molecule has 142 valence electrons. The number of benzene rings is 1. The van der Waals surface area contributed by atoms with Gasteiger partial charge in [-0.15, -0.1) is 0 Å². The lowest BCUT2D eigenvalue weighted by atomic mass is 10.1. The Labute approximate surface area is 164 Å². The van der Waals surface area contributed by atoms with Gasteiger partial charge in [-0.1, -0.05) is 23.7 Å². The normalized spacial score (nSPS) is 16.6. The summed E-state index contributed by atoms with van der Waals surface area (Å²) in [4.78, 5) is 32.5. The van der Waals surface area contributed by atoms with Crippen LogP contribution in [0.15, 0.2) is 48.8 Å².